The van der Waals surface area contributed by atoms with Gasteiger partial charge in [0.05, 0.1) is 12.2 Å². The van der Waals surface area contributed by atoms with Crippen molar-refractivity contribution in [2.75, 3.05) is 18.5 Å². The van der Waals surface area contributed by atoms with Crippen LogP contribution in [0.3, 0.4) is 0 Å². The second-order valence-corrected chi connectivity index (χ2v) is 5.25. The van der Waals surface area contributed by atoms with Crippen molar-refractivity contribution in [1.82, 2.24) is 10.3 Å². The predicted octanol–water partition coefficient (Wildman–Crippen LogP) is 3.78. The molecule has 0 spiro atoms. The first-order chi connectivity index (χ1) is 10.3. The van der Waals surface area contributed by atoms with Crippen LogP contribution in [-0.4, -0.2) is 18.6 Å². The van der Waals surface area contributed by atoms with Crippen LogP contribution in [0, 0.1) is 0 Å². The van der Waals surface area contributed by atoms with Gasteiger partial charge in [-0.25, -0.2) is 0 Å². The molecule has 0 amide bonds. The van der Waals surface area contributed by atoms with Gasteiger partial charge in [-0.05, 0) is 36.7 Å². The molecule has 2 aromatic rings. The SMILES string of the molecule is CCNC(CC)c1ccccc1N(C)Cc1ccccn1. The van der Waals surface area contributed by atoms with E-state index in [0.717, 1.165) is 25.2 Å². The molecule has 1 aromatic carbocycles. The van der Waals surface area contributed by atoms with Crippen molar-refractivity contribution >= 4 is 5.69 Å². The summed E-state index contributed by atoms with van der Waals surface area (Å²) in [6, 6.07) is 15.1. The summed E-state index contributed by atoms with van der Waals surface area (Å²) in [4.78, 5) is 6.69. The Morgan fingerprint density at radius 1 is 1.10 bits per heavy atom. The van der Waals surface area contributed by atoms with Crippen LogP contribution < -0.4 is 10.2 Å². The average Bonchev–Trinajstić information content (AvgIpc) is 2.53. The van der Waals surface area contributed by atoms with Gasteiger partial charge in [0.15, 0.2) is 0 Å². The molecule has 0 aliphatic carbocycles. The van der Waals surface area contributed by atoms with Crippen molar-refractivity contribution in [2.24, 2.45) is 0 Å². The molecule has 21 heavy (non-hydrogen) atoms. The maximum atomic E-state index is 4.42. The van der Waals surface area contributed by atoms with Gasteiger partial charge in [0.2, 0.25) is 0 Å². The van der Waals surface area contributed by atoms with Gasteiger partial charge in [0.1, 0.15) is 0 Å². The van der Waals surface area contributed by atoms with E-state index in [9.17, 15) is 0 Å². The zero-order valence-corrected chi connectivity index (χ0v) is 13.2. The number of nitrogens with zero attached hydrogens (tertiary/aromatic N) is 2. The molecule has 3 nitrogen and oxygen atoms in total. The lowest BCUT2D eigenvalue weighted by Crippen LogP contribution is -2.24. The summed E-state index contributed by atoms with van der Waals surface area (Å²) in [5, 5.41) is 3.57. The third-order valence-electron chi connectivity index (χ3n) is 3.71. The Hall–Kier alpha value is -1.87. The van der Waals surface area contributed by atoms with Gasteiger partial charge in [0, 0.05) is 25.0 Å². The highest BCUT2D eigenvalue weighted by Gasteiger charge is 2.14. The van der Waals surface area contributed by atoms with Gasteiger partial charge in [-0.1, -0.05) is 38.1 Å². The second-order valence-electron chi connectivity index (χ2n) is 5.25. The van der Waals surface area contributed by atoms with Crippen LogP contribution in [0.1, 0.15) is 37.6 Å². The minimum atomic E-state index is 0.400. The van der Waals surface area contributed by atoms with Crippen LogP contribution in [0.4, 0.5) is 5.69 Å². The molecule has 1 N–H and O–H groups in total. The van der Waals surface area contributed by atoms with Crippen LogP contribution in [0.15, 0.2) is 48.7 Å². The molecule has 0 radical (unpaired) electrons. The molecule has 1 unspecified atom stereocenters. The van der Waals surface area contributed by atoms with Gasteiger partial charge >= 0.3 is 0 Å². The Morgan fingerprint density at radius 3 is 2.52 bits per heavy atom. The van der Waals surface area contributed by atoms with Crippen LogP contribution in [0.25, 0.3) is 0 Å². The maximum absolute atomic E-state index is 4.42. The Kier molecular flexibility index (Phi) is 5.76. The minimum Gasteiger partial charge on any atom is -0.368 e. The standard InChI is InChI=1S/C18H25N3/c1-4-17(19-5-2)16-11-6-7-12-18(16)21(3)14-15-10-8-9-13-20-15/h6-13,17,19H,4-5,14H2,1-3H3. The van der Waals surface area contributed by atoms with Crippen molar-refractivity contribution in [3.63, 3.8) is 0 Å². The first kappa shape index (κ1) is 15.5. The van der Waals surface area contributed by atoms with Crippen LogP contribution in [-0.2, 0) is 6.54 Å². The van der Waals surface area contributed by atoms with E-state index in [1.807, 2.05) is 18.3 Å². The van der Waals surface area contributed by atoms with Gasteiger partial charge in [0.25, 0.3) is 0 Å². The van der Waals surface area contributed by atoms with E-state index in [1.54, 1.807) is 0 Å². The number of hydrogen-bond donors (Lipinski definition) is 1. The number of nitrogens with one attached hydrogen (secondary N) is 1. The Bertz CT molecular complexity index is 539. The predicted molar refractivity (Wildman–Crippen MR) is 89.5 cm³/mol. The zero-order chi connectivity index (χ0) is 15.1. The zero-order valence-electron chi connectivity index (χ0n) is 13.2. The van der Waals surface area contributed by atoms with E-state index >= 15 is 0 Å². The number of aromatic nitrogens is 1. The van der Waals surface area contributed by atoms with E-state index in [2.05, 4.69) is 66.4 Å². The van der Waals surface area contributed by atoms with Gasteiger partial charge in [-0.15, -0.1) is 0 Å². The Balaban J connectivity index is 2.22. The maximum Gasteiger partial charge on any atom is 0.0598 e. The summed E-state index contributed by atoms with van der Waals surface area (Å²) in [6.07, 6.45) is 2.94. The molecule has 1 aromatic heterocycles. The van der Waals surface area contributed by atoms with Crippen molar-refractivity contribution in [3.8, 4) is 0 Å². The highest BCUT2D eigenvalue weighted by atomic mass is 15.1. The molecule has 2 rings (SSSR count). The largest absolute Gasteiger partial charge is 0.368 e. The van der Waals surface area contributed by atoms with Gasteiger partial charge < -0.3 is 10.2 Å². The monoisotopic (exact) mass is 283 g/mol. The van der Waals surface area contributed by atoms with Crippen LogP contribution >= 0.6 is 0 Å². The molecule has 0 fully saturated rings. The average molecular weight is 283 g/mol. The van der Waals surface area contributed by atoms with E-state index in [1.165, 1.54) is 11.3 Å². The summed E-state index contributed by atoms with van der Waals surface area (Å²) < 4.78 is 0. The Labute approximate surface area is 128 Å². The number of benzene rings is 1. The molecule has 0 saturated carbocycles. The molecular weight excluding hydrogens is 258 g/mol. The third-order valence-corrected chi connectivity index (χ3v) is 3.71. The fourth-order valence-electron chi connectivity index (χ4n) is 2.67. The van der Waals surface area contributed by atoms with Crippen molar-refractivity contribution < 1.29 is 0 Å². The molecule has 0 aliphatic rings. The molecule has 3 heteroatoms. The van der Waals surface area contributed by atoms with E-state index in [0.29, 0.717) is 6.04 Å². The molecule has 1 atom stereocenters. The van der Waals surface area contributed by atoms with Crippen LogP contribution in [0.5, 0.6) is 0 Å². The molecular formula is C18H25N3. The van der Waals surface area contributed by atoms with E-state index < -0.39 is 0 Å². The molecule has 0 aliphatic heterocycles. The van der Waals surface area contributed by atoms with Gasteiger partial charge in [-0.2, -0.15) is 0 Å². The molecule has 0 saturated heterocycles. The van der Waals surface area contributed by atoms with Gasteiger partial charge in [-0.3, -0.25) is 4.98 Å². The molecule has 0 bridgehead atoms. The number of pyridine rings is 1. The number of para-hydroxylation sites is 1. The third kappa shape index (κ3) is 4.05. The Morgan fingerprint density at radius 2 is 1.86 bits per heavy atom. The van der Waals surface area contributed by atoms with Crippen LogP contribution in [0.2, 0.25) is 0 Å². The second kappa shape index (κ2) is 7.79. The number of anilines is 1. The fourth-order valence-corrected chi connectivity index (χ4v) is 2.67. The topological polar surface area (TPSA) is 28.2 Å². The minimum absolute atomic E-state index is 0.400. The lowest BCUT2D eigenvalue weighted by Gasteiger charge is -2.26. The first-order valence-electron chi connectivity index (χ1n) is 7.69. The first-order valence-corrected chi connectivity index (χ1v) is 7.69. The highest BCUT2D eigenvalue weighted by molar-refractivity contribution is 5.54. The molecule has 112 valence electrons. The molecule has 1 heterocycles. The summed E-state index contributed by atoms with van der Waals surface area (Å²) >= 11 is 0. The summed E-state index contributed by atoms with van der Waals surface area (Å²) in [5.41, 5.74) is 3.72. The van der Waals surface area contributed by atoms with Crippen molar-refractivity contribution in [1.29, 1.82) is 0 Å². The normalized spacial score (nSPS) is 12.1. The smallest absolute Gasteiger partial charge is 0.0598 e. The fraction of sp³-hybridized carbons (Fsp3) is 0.389. The summed E-state index contributed by atoms with van der Waals surface area (Å²) in [6.45, 7) is 6.18. The quantitative estimate of drug-likeness (QED) is 0.838. The number of rotatable bonds is 7. The summed E-state index contributed by atoms with van der Waals surface area (Å²) in [7, 11) is 2.13. The van der Waals surface area contributed by atoms with Crippen molar-refractivity contribution in [2.45, 2.75) is 32.9 Å². The lowest BCUT2D eigenvalue weighted by molar-refractivity contribution is 0.536. The van der Waals surface area contributed by atoms with E-state index in [4.69, 9.17) is 0 Å². The van der Waals surface area contributed by atoms with E-state index in [-0.39, 0.29) is 0 Å². The summed E-state index contributed by atoms with van der Waals surface area (Å²) in [5.74, 6) is 0. The number of hydrogen-bond acceptors (Lipinski definition) is 3. The lowest BCUT2D eigenvalue weighted by atomic mass is 10.0. The highest BCUT2D eigenvalue weighted by Crippen LogP contribution is 2.28. The van der Waals surface area contributed by atoms with Crippen molar-refractivity contribution in [3.05, 3.63) is 59.9 Å².